The van der Waals surface area contributed by atoms with Gasteiger partial charge >= 0.3 is 17.6 Å². The fourth-order valence-corrected chi connectivity index (χ4v) is 3.91. The number of ether oxygens (including phenoxy) is 3. The Morgan fingerprint density at radius 3 is 2.39 bits per heavy atom. The number of benzene rings is 1. The van der Waals surface area contributed by atoms with Gasteiger partial charge in [0.1, 0.15) is 23.0 Å². The SMILES string of the molecule is CCCC(=O)c1c(OC(C)=O)c2c(c3c(C(CC)OC(C)=O)cc(=O)oc13)OC(C)(C)C=C2. The number of Topliss-reactive ketones (excluding diaryl/α,β-unsaturated/α-hetero) is 1. The molecule has 1 aliphatic rings. The van der Waals surface area contributed by atoms with Gasteiger partial charge in [-0.15, -0.1) is 0 Å². The molecule has 8 heteroatoms. The summed E-state index contributed by atoms with van der Waals surface area (Å²) in [6.07, 6.45) is 3.78. The molecule has 0 aliphatic carbocycles. The van der Waals surface area contributed by atoms with Crippen LogP contribution < -0.4 is 15.1 Å². The highest BCUT2D eigenvalue weighted by Crippen LogP contribution is 2.48. The summed E-state index contributed by atoms with van der Waals surface area (Å²) in [6, 6.07) is 1.24. The van der Waals surface area contributed by atoms with Gasteiger partial charge in [-0.25, -0.2) is 4.79 Å². The van der Waals surface area contributed by atoms with Crippen LogP contribution in [0.5, 0.6) is 11.5 Å². The van der Waals surface area contributed by atoms with Crippen molar-refractivity contribution < 1.29 is 33.0 Å². The summed E-state index contributed by atoms with van der Waals surface area (Å²) in [5.74, 6) is -1.23. The molecule has 0 radical (unpaired) electrons. The molecule has 2 heterocycles. The second kappa shape index (κ2) is 9.21. The van der Waals surface area contributed by atoms with Gasteiger partial charge in [-0.05, 0) is 38.8 Å². The number of fused-ring (bicyclic) bond motifs is 3. The summed E-state index contributed by atoms with van der Waals surface area (Å²) in [5, 5.41) is 0.338. The third-order valence-corrected chi connectivity index (χ3v) is 5.21. The second-order valence-corrected chi connectivity index (χ2v) is 8.48. The minimum atomic E-state index is -0.774. The van der Waals surface area contributed by atoms with E-state index in [1.807, 2.05) is 27.7 Å². The molecule has 1 aliphatic heterocycles. The molecule has 0 N–H and O–H groups in total. The van der Waals surface area contributed by atoms with Crippen molar-refractivity contribution in [3.05, 3.63) is 39.3 Å². The first-order chi connectivity index (χ1) is 15.5. The topological polar surface area (TPSA) is 109 Å². The number of hydrogen-bond donors (Lipinski definition) is 0. The molecule has 0 fully saturated rings. The highest BCUT2D eigenvalue weighted by atomic mass is 16.5. The van der Waals surface area contributed by atoms with Gasteiger partial charge in [-0.3, -0.25) is 14.4 Å². The smallest absolute Gasteiger partial charge is 0.336 e. The van der Waals surface area contributed by atoms with E-state index in [-0.39, 0.29) is 34.8 Å². The Morgan fingerprint density at radius 2 is 1.82 bits per heavy atom. The molecule has 1 aromatic heterocycles. The maximum absolute atomic E-state index is 13.2. The van der Waals surface area contributed by atoms with E-state index >= 15 is 0 Å². The normalized spacial score (nSPS) is 14.8. The van der Waals surface area contributed by atoms with Gasteiger partial charge in [0.15, 0.2) is 17.1 Å². The van der Waals surface area contributed by atoms with Crippen molar-refractivity contribution >= 4 is 34.8 Å². The predicted octanol–water partition coefficient (Wildman–Crippen LogP) is 4.90. The van der Waals surface area contributed by atoms with E-state index in [4.69, 9.17) is 18.6 Å². The molecule has 176 valence electrons. The van der Waals surface area contributed by atoms with Crippen molar-refractivity contribution in [2.24, 2.45) is 0 Å². The van der Waals surface area contributed by atoms with Crippen LogP contribution in [0.25, 0.3) is 17.0 Å². The summed E-state index contributed by atoms with van der Waals surface area (Å²) >= 11 is 0. The molecule has 0 bridgehead atoms. The van der Waals surface area contributed by atoms with Crippen molar-refractivity contribution in [2.45, 2.75) is 72.5 Å². The molecular weight excluding hydrogens is 428 g/mol. The Kier molecular flexibility index (Phi) is 6.76. The largest absolute Gasteiger partial charge is 0.482 e. The van der Waals surface area contributed by atoms with Crippen LogP contribution in [-0.4, -0.2) is 23.3 Å². The van der Waals surface area contributed by atoms with E-state index in [2.05, 4.69) is 0 Å². The van der Waals surface area contributed by atoms with Crippen molar-refractivity contribution in [2.75, 3.05) is 0 Å². The zero-order chi connectivity index (χ0) is 24.5. The molecule has 8 nitrogen and oxygen atoms in total. The highest BCUT2D eigenvalue weighted by Gasteiger charge is 2.35. The van der Waals surface area contributed by atoms with Crippen LogP contribution in [0.1, 0.15) is 88.4 Å². The molecule has 1 unspecified atom stereocenters. The number of carbonyl (C=O) groups is 3. The second-order valence-electron chi connectivity index (χ2n) is 8.48. The molecule has 0 saturated heterocycles. The molecule has 0 saturated carbocycles. The van der Waals surface area contributed by atoms with Crippen LogP contribution in [-0.2, 0) is 14.3 Å². The maximum atomic E-state index is 13.2. The van der Waals surface area contributed by atoms with E-state index in [1.54, 1.807) is 12.2 Å². The predicted molar refractivity (Wildman–Crippen MR) is 122 cm³/mol. The Morgan fingerprint density at radius 1 is 1.12 bits per heavy atom. The molecule has 33 heavy (non-hydrogen) atoms. The monoisotopic (exact) mass is 456 g/mol. The van der Waals surface area contributed by atoms with E-state index in [1.165, 1.54) is 19.9 Å². The number of hydrogen-bond acceptors (Lipinski definition) is 8. The summed E-state index contributed by atoms with van der Waals surface area (Å²) < 4.78 is 22.7. The van der Waals surface area contributed by atoms with Gasteiger partial charge < -0.3 is 18.6 Å². The maximum Gasteiger partial charge on any atom is 0.336 e. The van der Waals surface area contributed by atoms with Gasteiger partial charge in [0.25, 0.3) is 0 Å². The zero-order valence-corrected chi connectivity index (χ0v) is 19.7. The Hall–Kier alpha value is -3.42. The van der Waals surface area contributed by atoms with Crippen LogP contribution in [0.4, 0.5) is 0 Å². The van der Waals surface area contributed by atoms with Gasteiger partial charge in [-0.2, -0.15) is 0 Å². The van der Waals surface area contributed by atoms with E-state index < -0.39 is 29.3 Å². The number of ketones is 1. The standard InChI is InChI=1S/C25H28O8/c1-7-9-17(28)21-22(31-14(4)27)15-10-11-25(5,6)33-23(15)20-16(12-19(29)32-24(20)21)18(8-2)30-13(3)26/h10-12,18H,7-9H2,1-6H3. The Labute approximate surface area is 191 Å². The average molecular weight is 456 g/mol. The molecule has 3 rings (SSSR count). The lowest BCUT2D eigenvalue weighted by Gasteiger charge is -2.31. The number of rotatable bonds is 7. The third-order valence-electron chi connectivity index (χ3n) is 5.21. The fraction of sp³-hybridized carbons (Fsp3) is 0.440. The van der Waals surface area contributed by atoms with Gasteiger partial charge in [0, 0.05) is 31.9 Å². The summed E-state index contributed by atoms with van der Waals surface area (Å²) in [5.41, 5.74) is -0.787. The van der Waals surface area contributed by atoms with Crippen molar-refractivity contribution in [1.82, 2.24) is 0 Å². The van der Waals surface area contributed by atoms with Crippen molar-refractivity contribution in [3.63, 3.8) is 0 Å². The first-order valence-electron chi connectivity index (χ1n) is 10.9. The van der Waals surface area contributed by atoms with Crippen LogP contribution in [0, 0.1) is 0 Å². The molecule has 0 amide bonds. The van der Waals surface area contributed by atoms with Crippen LogP contribution >= 0.6 is 0 Å². The number of carbonyl (C=O) groups excluding carboxylic acids is 3. The summed E-state index contributed by atoms with van der Waals surface area (Å²) in [7, 11) is 0. The average Bonchev–Trinajstić information content (AvgIpc) is 2.70. The molecule has 0 spiro atoms. The van der Waals surface area contributed by atoms with Crippen LogP contribution in [0.2, 0.25) is 0 Å². The van der Waals surface area contributed by atoms with Crippen LogP contribution in [0.15, 0.2) is 21.4 Å². The van der Waals surface area contributed by atoms with Gasteiger partial charge in [0.05, 0.1) is 10.9 Å². The highest BCUT2D eigenvalue weighted by molar-refractivity contribution is 6.13. The molecule has 2 aromatic rings. The summed E-state index contributed by atoms with van der Waals surface area (Å²) in [6.45, 7) is 9.82. The number of esters is 2. The third kappa shape index (κ3) is 4.84. The van der Waals surface area contributed by atoms with Crippen molar-refractivity contribution in [3.8, 4) is 11.5 Å². The molecule has 1 atom stereocenters. The van der Waals surface area contributed by atoms with Crippen LogP contribution in [0.3, 0.4) is 0 Å². The minimum Gasteiger partial charge on any atom is -0.482 e. The lowest BCUT2D eigenvalue weighted by Crippen LogP contribution is -2.29. The van der Waals surface area contributed by atoms with E-state index in [9.17, 15) is 19.2 Å². The van der Waals surface area contributed by atoms with E-state index in [0.717, 1.165) is 0 Å². The first kappa shape index (κ1) is 24.2. The Balaban J connectivity index is 2.55. The lowest BCUT2D eigenvalue weighted by atomic mass is 9.91. The molecular formula is C25H28O8. The van der Waals surface area contributed by atoms with Gasteiger partial charge in [0.2, 0.25) is 0 Å². The fourth-order valence-electron chi connectivity index (χ4n) is 3.91. The molecule has 1 aromatic carbocycles. The summed E-state index contributed by atoms with van der Waals surface area (Å²) in [4.78, 5) is 49.5. The lowest BCUT2D eigenvalue weighted by molar-refractivity contribution is -0.146. The van der Waals surface area contributed by atoms with E-state index in [0.29, 0.717) is 29.4 Å². The zero-order valence-electron chi connectivity index (χ0n) is 19.7. The quantitative estimate of drug-likeness (QED) is 0.250. The Bertz CT molecular complexity index is 1220. The minimum absolute atomic E-state index is 0.00890. The van der Waals surface area contributed by atoms with Gasteiger partial charge in [-0.1, -0.05) is 13.8 Å². The van der Waals surface area contributed by atoms with Crippen molar-refractivity contribution in [1.29, 1.82) is 0 Å². The first-order valence-corrected chi connectivity index (χ1v) is 10.9.